The van der Waals surface area contributed by atoms with Crippen LogP contribution in [0.5, 0.6) is 5.75 Å². The fourth-order valence-electron chi connectivity index (χ4n) is 3.32. The number of rotatable bonds is 8. The van der Waals surface area contributed by atoms with Crippen LogP contribution in [0.2, 0.25) is 0 Å². The monoisotopic (exact) mass is 372 g/mol. The van der Waals surface area contributed by atoms with Crippen molar-refractivity contribution in [2.75, 3.05) is 30.3 Å². The quantitative estimate of drug-likeness (QED) is 0.401. The Labute approximate surface area is 157 Å². The van der Waals surface area contributed by atoms with Crippen LogP contribution < -0.4 is 9.64 Å². The lowest BCUT2D eigenvalue weighted by Crippen LogP contribution is -2.22. The molecule has 2 heterocycles. The lowest BCUT2D eigenvalue weighted by atomic mass is 10.1. The molecule has 1 aliphatic carbocycles. The van der Waals surface area contributed by atoms with Crippen molar-refractivity contribution in [2.45, 2.75) is 43.8 Å². The third-order valence-corrected chi connectivity index (χ3v) is 5.69. The number of Topliss-reactive ketones (excluding diaryl/α,β-unsaturated/α-hetero) is 1. The van der Waals surface area contributed by atoms with Gasteiger partial charge in [0.2, 0.25) is 5.95 Å². The van der Waals surface area contributed by atoms with E-state index >= 15 is 0 Å². The predicted molar refractivity (Wildman–Crippen MR) is 102 cm³/mol. The molecule has 0 bridgehead atoms. The SMILES string of the molecule is CC(=O)c1ccccc1OCCSc1nnc(N2CCCC2)n1C1CC1. The Kier molecular flexibility index (Phi) is 5.15. The molecule has 2 aromatic rings. The first-order valence-electron chi connectivity index (χ1n) is 9.29. The summed E-state index contributed by atoms with van der Waals surface area (Å²) in [5, 5.41) is 9.89. The van der Waals surface area contributed by atoms with Crippen molar-refractivity contribution in [3.63, 3.8) is 0 Å². The molecule has 1 aromatic carbocycles. The number of ether oxygens (including phenoxy) is 1. The first-order valence-corrected chi connectivity index (χ1v) is 10.3. The van der Waals surface area contributed by atoms with E-state index in [1.165, 1.54) is 25.7 Å². The van der Waals surface area contributed by atoms with Crippen LogP contribution in [0.25, 0.3) is 0 Å². The summed E-state index contributed by atoms with van der Waals surface area (Å²) in [6.45, 7) is 4.27. The fraction of sp³-hybridized carbons (Fsp3) is 0.526. The van der Waals surface area contributed by atoms with Crippen molar-refractivity contribution < 1.29 is 9.53 Å². The molecule has 0 spiro atoms. The van der Waals surface area contributed by atoms with Gasteiger partial charge in [0.1, 0.15) is 5.75 Å². The number of nitrogens with zero attached hydrogens (tertiary/aromatic N) is 4. The molecule has 6 nitrogen and oxygen atoms in total. The van der Waals surface area contributed by atoms with Crippen molar-refractivity contribution in [2.24, 2.45) is 0 Å². The van der Waals surface area contributed by atoms with E-state index in [2.05, 4.69) is 19.7 Å². The first kappa shape index (κ1) is 17.4. The van der Waals surface area contributed by atoms with Crippen LogP contribution in [0.3, 0.4) is 0 Å². The van der Waals surface area contributed by atoms with Gasteiger partial charge in [-0.3, -0.25) is 9.36 Å². The average molecular weight is 372 g/mol. The number of aromatic nitrogens is 3. The Morgan fingerprint density at radius 2 is 2.00 bits per heavy atom. The lowest BCUT2D eigenvalue weighted by molar-refractivity contribution is 0.101. The summed E-state index contributed by atoms with van der Waals surface area (Å²) >= 11 is 1.68. The normalized spacial score (nSPS) is 16.9. The average Bonchev–Trinajstić information content (AvgIpc) is 3.17. The summed E-state index contributed by atoms with van der Waals surface area (Å²) in [7, 11) is 0. The number of thioether (sulfide) groups is 1. The van der Waals surface area contributed by atoms with Gasteiger partial charge in [-0.05, 0) is 44.7 Å². The second kappa shape index (κ2) is 7.70. The smallest absolute Gasteiger partial charge is 0.228 e. The molecule has 0 amide bonds. The number of carbonyl (C=O) groups excluding carboxylic acids is 1. The topological polar surface area (TPSA) is 60.2 Å². The number of hydrogen-bond donors (Lipinski definition) is 0. The summed E-state index contributed by atoms with van der Waals surface area (Å²) < 4.78 is 8.15. The van der Waals surface area contributed by atoms with E-state index in [1.807, 2.05) is 18.2 Å². The maximum absolute atomic E-state index is 11.7. The molecule has 26 heavy (non-hydrogen) atoms. The number of hydrogen-bond acceptors (Lipinski definition) is 6. The minimum absolute atomic E-state index is 0.0250. The number of benzene rings is 1. The summed E-state index contributed by atoms with van der Waals surface area (Å²) in [4.78, 5) is 14.0. The van der Waals surface area contributed by atoms with Crippen molar-refractivity contribution in [3.8, 4) is 5.75 Å². The number of ketones is 1. The highest BCUT2D eigenvalue weighted by atomic mass is 32.2. The van der Waals surface area contributed by atoms with E-state index in [4.69, 9.17) is 4.74 Å². The molecule has 0 atom stereocenters. The standard InChI is InChI=1S/C19H24N4O2S/c1-14(24)16-6-2-3-7-17(16)25-12-13-26-19-21-20-18(22-10-4-5-11-22)23(19)15-8-9-15/h2-3,6-7,15H,4-5,8-13H2,1H3. The first-order chi connectivity index (χ1) is 12.7. The molecule has 7 heteroatoms. The highest BCUT2D eigenvalue weighted by Gasteiger charge is 2.32. The van der Waals surface area contributed by atoms with Crippen LogP contribution in [0.1, 0.15) is 49.0 Å². The van der Waals surface area contributed by atoms with Gasteiger partial charge in [-0.1, -0.05) is 23.9 Å². The highest BCUT2D eigenvalue weighted by Crippen LogP contribution is 2.41. The van der Waals surface area contributed by atoms with Crippen LogP contribution in [-0.2, 0) is 0 Å². The molecule has 1 saturated carbocycles. The fourth-order valence-corrected chi connectivity index (χ4v) is 4.14. The molecule has 0 N–H and O–H groups in total. The number of anilines is 1. The zero-order valence-electron chi connectivity index (χ0n) is 15.1. The molecule has 2 fully saturated rings. The van der Waals surface area contributed by atoms with Gasteiger partial charge in [0, 0.05) is 24.9 Å². The zero-order chi connectivity index (χ0) is 17.9. The molecule has 1 saturated heterocycles. The van der Waals surface area contributed by atoms with E-state index in [0.717, 1.165) is 29.9 Å². The molecule has 1 aromatic heterocycles. The van der Waals surface area contributed by atoms with Crippen LogP contribution in [-0.4, -0.2) is 46.0 Å². The van der Waals surface area contributed by atoms with Crippen LogP contribution >= 0.6 is 11.8 Å². The predicted octanol–water partition coefficient (Wildman–Crippen LogP) is 3.59. The van der Waals surface area contributed by atoms with Crippen LogP contribution in [0, 0.1) is 0 Å². The summed E-state index contributed by atoms with van der Waals surface area (Å²) in [6.07, 6.45) is 4.91. The minimum atomic E-state index is 0.0250. The Bertz CT molecular complexity index is 782. The number of para-hydroxylation sites is 1. The molecular formula is C19H24N4O2S. The van der Waals surface area contributed by atoms with Gasteiger partial charge in [0.15, 0.2) is 10.9 Å². The molecule has 1 aliphatic heterocycles. The molecule has 138 valence electrons. The van der Waals surface area contributed by atoms with Crippen LogP contribution in [0.4, 0.5) is 5.95 Å². The molecule has 4 rings (SSSR count). The van der Waals surface area contributed by atoms with Crippen molar-refractivity contribution in [1.29, 1.82) is 0 Å². The minimum Gasteiger partial charge on any atom is -0.492 e. The Hall–Kier alpha value is -2.02. The van der Waals surface area contributed by atoms with E-state index in [0.29, 0.717) is 24.0 Å². The summed E-state index contributed by atoms with van der Waals surface area (Å²) in [5.41, 5.74) is 0.634. The maximum Gasteiger partial charge on any atom is 0.228 e. The lowest BCUT2D eigenvalue weighted by Gasteiger charge is -2.18. The van der Waals surface area contributed by atoms with E-state index in [9.17, 15) is 4.79 Å². The van der Waals surface area contributed by atoms with Gasteiger partial charge in [-0.25, -0.2) is 0 Å². The van der Waals surface area contributed by atoms with Gasteiger partial charge in [0.25, 0.3) is 0 Å². The van der Waals surface area contributed by atoms with Gasteiger partial charge < -0.3 is 9.64 Å². The Morgan fingerprint density at radius 1 is 1.23 bits per heavy atom. The molecule has 0 radical (unpaired) electrons. The summed E-state index contributed by atoms with van der Waals surface area (Å²) in [5.74, 6) is 2.49. The van der Waals surface area contributed by atoms with E-state index in [-0.39, 0.29) is 5.78 Å². The Morgan fingerprint density at radius 3 is 2.73 bits per heavy atom. The van der Waals surface area contributed by atoms with Crippen molar-refractivity contribution in [3.05, 3.63) is 29.8 Å². The zero-order valence-corrected chi connectivity index (χ0v) is 15.9. The molecule has 0 unspecified atom stereocenters. The second-order valence-electron chi connectivity index (χ2n) is 6.83. The van der Waals surface area contributed by atoms with E-state index < -0.39 is 0 Å². The molecule has 2 aliphatic rings. The van der Waals surface area contributed by atoms with Gasteiger partial charge in [0.05, 0.1) is 12.2 Å². The maximum atomic E-state index is 11.7. The van der Waals surface area contributed by atoms with Gasteiger partial charge in [-0.2, -0.15) is 0 Å². The van der Waals surface area contributed by atoms with Gasteiger partial charge >= 0.3 is 0 Å². The summed E-state index contributed by atoms with van der Waals surface area (Å²) in [6, 6.07) is 7.95. The molecular weight excluding hydrogens is 348 g/mol. The van der Waals surface area contributed by atoms with Crippen molar-refractivity contribution >= 4 is 23.5 Å². The number of carbonyl (C=O) groups is 1. The highest BCUT2D eigenvalue weighted by molar-refractivity contribution is 7.99. The van der Waals surface area contributed by atoms with Crippen LogP contribution in [0.15, 0.2) is 29.4 Å². The van der Waals surface area contributed by atoms with Gasteiger partial charge in [-0.15, -0.1) is 10.2 Å². The Balaban J connectivity index is 1.37. The second-order valence-corrected chi connectivity index (χ2v) is 7.89. The third-order valence-electron chi connectivity index (χ3n) is 4.79. The van der Waals surface area contributed by atoms with E-state index in [1.54, 1.807) is 24.8 Å². The van der Waals surface area contributed by atoms with Crippen molar-refractivity contribution in [1.82, 2.24) is 14.8 Å². The largest absolute Gasteiger partial charge is 0.492 e. The third kappa shape index (κ3) is 3.72.